The predicted octanol–water partition coefficient (Wildman–Crippen LogP) is 5.69. The predicted molar refractivity (Wildman–Crippen MR) is 103 cm³/mol. The van der Waals surface area contributed by atoms with E-state index in [1.54, 1.807) is 18.2 Å². The molecule has 0 aliphatic heterocycles. The first-order chi connectivity index (χ1) is 13.9. The van der Waals surface area contributed by atoms with Gasteiger partial charge >= 0.3 is 6.18 Å². The minimum absolute atomic E-state index is 0.0365. The van der Waals surface area contributed by atoms with Gasteiger partial charge in [0.25, 0.3) is 0 Å². The monoisotopic (exact) mass is 396 g/mol. The number of fused-ring (bicyclic) bond motifs is 1. The SMILES string of the molecule is O=C(Cc1ccc(C(F)(F)F)cc1)Nc1cccc(-c2nc3ccccc3o2)c1. The van der Waals surface area contributed by atoms with Crippen LogP contribution >= 0.6 is 0 Å². The summed E-state index contributed by atoms with van der Waals surface area (Å²) in [5.41, 5.74) is 2.40. The first kappa shape index (κ1) is 18.7. The second kappa shape index (κ2) is 7.43. The van der Waals surface area contributed by atoms with E-state index >= 15 is 0 Å². The fourth-order valence-electron chi connectivity index (χ4n) is 2.93. The first-order valence-electron chi connectivity index (χ1n) is 8.80. The number of nitrogens with zero attached hydrogens (tertiary/aromatic N) is 1. The van der Waals surface area contributed by atoms with E-state index in [1.807, 2.05) is 30.3 Å². The van der Waals surface area contributed by atoms with Crippen molar-refractivity contribution >= 4 is 22.7 Å². The molecule has 1 amide bonds. The Hall–Kier alpha value is -3.61. The van der Waals surface area contributed by atoms with Gasteiger partial charge in [0.2, 0.25) is 11.8 Å². The lowest BCUT2D eigenvalue weighted by molar-refractivity contribution is -0.137. The molecule has 1 aromatic heterocycles. The molecule has 0 fully saturated rings. The van der Waals surface area contributed by atoms with E-state index < -0.39 is 11.7 Å². The zero-order chi connectivity index (χ0) is 20.4. The van der Waals surface area contributed by atoms with Crippen molar-refractivity contribution in [3.63, 3.8) is 0 Å². The molecule has 1 heterocycles. The lowest BCUT2D eigenvalue weighted by atomic mass is 10.1. The molecule has 0 saturated carbocycles. The third kappa shape index (κ3) is 4.29. The number of hydrogen-bond acceptors (Lipinski definition) is 3. The van der Waals surface area contributed by atoms with E-state index in [9.17, 15) is 18.0 Å². The normalized spacial score (nSPS) is 11.6. The molecule has 0 aliphatic carbocycles. The Morgan fingerprint density at radius 1 is 0.966 bits per heavy atom. The van der Waals surface area contributed by atoms with Crippen LogP contribution in [0, 0.1) is 0 Å². The Bertz CT molecular complexity index is 1130. The average molecular weight is 396 g/mol. The van der Waals surface area contributed by atoms with Crippen molar-refractivity contribution in [2.24, 2.45) is 0 Å². The summed E-state index contributed by atoms with van der Waals surface area (Å²) in [5, 5.41) is 2.75. The van der Waals surface area contributed by atoms with Gasteiger partial charge in [0.15, 0.2) is 5.58 Å². The van der Waals surface area contributed by atoms with Crippen LogP contribution in [0.25, 0.3) is 22.6 Å². The van der Waals surface area contributed by atoms with E-state index in [1.165, 1.54) is 12.1 Å². The van der Waals surface area contributed by atoms with Crippen molar-refractivity contribution in [1.29, 1.82) is 0 Å². The average Bonchev–Trinajstić information content (AvgIpc) is 3.12. The maximum absolute atomic E-state index is 12.6. The van der Waals surface area contributed by atoms with Gasteiger partial charge in [-0.05, 0) is 48.0 Å². The van der Waals surface area contributed by atoms with Crippen molar-refractivity contribution < 1.29 is 22.4 Å². The van der Waals surface area contributed by atoms with E-state index in [-0.39, 0.29) is 12.3 Å². The molecule has 3 aromatic carbocycles. The quantitative estimate of drug-likeness (QED) is 0.482. The van der Waals surface area contributed by atoms with Gasteiger partial charge in [-0.25, -0.2) is 4.98 Å². The lowest BCUT2D eigenvalue weighted by Crippen LogP contribution is -2.14. The van der Waals surface area contributed by atoms with Crippen LogP contribution in [0.3, 0.4) is 0 Å². The summed E-state index contributed by atoms with van der Waals surface area (Å²) in [7, 11) is 0. The van der Waals surface area contributed by atoms with Crippen molar-refractivity contribution in [3.8, 4) is 11.5 Å². The molecule has 0 spiro atoms. The van der Waals surface area contributed by atoms with Gasteiger partial charge in [0.05, 0.1) is 12.0 Å². The Labute approximate surface area is 164 Å². The van der Waals surface area contributed by atoms with Crippen LogP contribution in [0.4, 0.5) is 18.9 Å². The number of alkyl halides is 3. The highest BCUT2D eigenvalue weighted by molar-refractivity contribution is 5.93. The summed E-state index contributed by atoms with van der Waals surface area (Å²) in [5.74, 6) is 0.101. The third-order valence-corrected chi connectivity index (χ3v) is 4.33. The number of carbonyl (C=O) groups excluding carboxylic acids is 1. The van der Waals surface area contributed by atoms with Crippen LogP contribution in [0.2, 0.25) is 0 Å². The highest BCUT2D eigenvalue weighted by Gasteiger charge is 2.29. The molecule has 1 N–H and O–H groups in total. The van der Waals surface area contributed by atoms with Gasteiger partial charge in [0.1, 0.15) is 5.52 Å². The highest BCUT2D eigenvalue weighted by atomic mass is 19.4. The summed E-state index contributed by atoms with van der Waals surface area (Å²) in [4.78, 5) is 16.7. The molecule has 4 rings (SSSR count). The molecule has 29 heavy (non-hydrogen) atoms. The van der Waals surface area contributed by atoms with Crippen LogP contribution in [-0.2, 0) is 17.4 Å². The summed E-state index contributed by atoms with van der Waals surface area (Å²) in [6.07, 6.45) is -4.43. The molecule has 4 aromatic rings. The number of benzene rings is 3. The number of oxazole rings is 1. The fourth-order valence-corrected chi connectivity index (χ4v) is 2.93. The van der Waals surface area contributed by atoms with Crippen LogP contribution in [0.15, 0.2) is 77.2 Å². The molecule has 0 atom stereocenters. The van der Waals surface area contributed by atoms with Gasteiger partial charge in [-0.1, -0.05) is 30.3 Å². The zero-order valence-corrected chi connectivity index (χ0v) is 15.0. The van der Waals surface area contributed by atoms with Crippen molar-refractivity contribution in [2.75, 3.05) is 5.32 Å². The van der Waals surface area contributed by atoms with Crippen LogP contribution in [0.1, 0.15) is 11.1 Å². The summed E-state index contributed by atoms with van der Waals surface area (Å²) in [6, 6.07) is 19.0. The Balaban J connectivity index is 1.47. The topological polar surface area (TPSA) is 55.1 Å². The maximum atomic E-state index is 12.6. The molecule has 0 unspecified atom stereocenters. The Morgan fingerprint density at radius 3 is 2.45 bits per heavy atom. The molecule has 7 heteroatoms. The maximum Gasteiger partial charge on any atom is 0.416 e. The summed E-state index contributed by atoms with van der Waals surface area (Å²) < 4.78 is 43.6. The molecule has 146 valence electrons. The summed E-state index contributed by atoms with van der Waals surface area (Å²) in [6.45, 7) is 0. The van der Waals surface area contributed by atoms with Gasteiger partial charge < -0.3 is 9.73 Å². The standard InChI is InChI=1S/C22H15F3N2O2/c23-22(24,25)16-10-8-14(9-11-16)12-20(28)26-17-5-3-4-15(13-17)21-27-18-6-1-2-7-19(18)29-21/h1-11,13H,12H2,(H,26,28). The molecule has 0 saturated heterocycles. The van der Waals surface area contributed by atoms with Gasteiger partial charge in [-0.3, -0.25) is 4.79 Å². The molecule has 0 bridgehead atoms. The number of nitrogens with one attached hydrogen (secondary N) is 1. The highest BCUT2D eigenvalue weighted by Crippen LogP contribution is 2.29. The minimum atomic E-state index is -4.40. The second-order valence-corrected chi connectivity index (χ2v) is 6.49. The van der Waals surface area contributed by atoms with E-state index in [4.69, 9.17) is 4.42 Å². The number of rotatable bonds is 4. The first-order valence-corrected chi connectivity index (χ1v) is 8.80. The van der Waals surface area contributed by atoms with Crippen molar-refractivity contribution in [1.82, 2.24) is 4.98 Å². The molecule has 4 nitrogen and oxygen atoms in total. The third-order valence-electron chi connectivity index (χ3n) is 4.33. The number of hydrogen-bond donors (Lipinski definition) is 1. The number of aromatic nitrogens is 1. The van der Waals surface area contributed by atoms with Gasteiger partial charge in [0, 0.05) is 11.3 Å². The fraction of sp³-hybridized carbons (Fsp3) is 0.0909. The van der Waals surface area contributed by atoms with Crippen molar-refractivity contribution in [2.45, 2.75) is 12.6 Å². The van der Waals surface area contributed by atoms with Gasteiger partial charge in [-0.2, -0.15) is 13.2 Å². The van der Waals surface area contributed by atoms with Crippen LogP contribution in [0.5, 0.6) is 0 Å². The Kier molecular flexibility index (Phi) is 4.80. The Morgan fingerprint density at radius 2 is 1.72 bits per heavy atom. The number of para-hydroxylation sites is 2. The number of amides is 1. The van der Waals surface area contributed by atoms with Crippen molar-refractivity contribution in [3.05, 3.63) is 83.9 Å². The number of anilines is 1. The van der Waals surface area contributed by atoms with E-state index in [2.05, 4.69) is 10.3 Å². The minimum Gasteiger partial charge on any atom is -0.436 e. The smallest absolute Gasteiger partial charge is 0.416 e. The summed E-state index contributed by atoms with van der Waals surface area (Å²) >= 11 is 0. The van der Waals surface area contributed by atoms with Crippen LogP contribution < -0.4 is 5.32 Å². The second-order valence-electron chi connectivity index (χ2n) is 6.49. The van der Waals surface area contributed by atoms with E-state index in [0.717, 1.165) is 17.6 Å². The number of halogens is 3. The number of carbonyl (C=O) groups is 1. The van der Waals surface area contributed by atoms with Gasteiger partial charge in [-0.15, -0.1) is 0 Å². The molecule has 0 radical (unpaired) electrons. The largest absolute Gasteiger partial charge is 0.436 e. The zero-order valence-electron chi connectivity index (χ0n) is 15.0. The molecule has 0 aliphatic rings. The van der Waals surface area contributed by atoms with Crippen LogP contribution in [-0.4, -0.2) is 10.9 Å². The van der Waals surface area contributed by atoms with E-state index in [0.29, 0.717) is 28.3 Å². The molecular formula is C22H15F3N2O2. The molecular weight excluding hydrogens is 381 g/mol. The lowest BCUT2D eigenvalue weighted by Gasteiger charge is -2.09.